The fourth-order valence-electron chi connectivity index (χ4n) is 2.13. The van der Waals surface area contributed by atoms with Crippen LogP contribution in [0.3, 0.4) is 0 Å². The van der Waals surface area contributed by atoms with Crippen molar-refractivity contribution < 1.29 is 5.11 Å². The second kappa shape index (κ2) is 5.84. The van der Waals surface area contributed by atoms with Gasteiger partial charge in [-0.25, -0.2) is 0 Å². The van der Waals surface area contributed by atoms with Crippen molar-refractivity contribution in [1.82, 2.24) is 14.8 Å². The highest BCUT2D eigenvalue weighted by molar-refractivity contribution is 5.48. The fourth-order valence-corrected chi connectivity index (χ4v) is 2.13. The smallest absolute Gasteiger partial charge is 0.0646 e. The number of aromatic nitrogens is 3. The van der Waals surface area contributed by atoms with Crippen LogP contribution in [0.2, 0.25) is 0 Å². The summed E-state index contributed by atoms with van der Waals surface area (Å²) < 4.78 is 1.85. The first-order chi connectivity index (χ1) is 9.13. The molecule has 0 atom stereocenters. The van der Waals surface area contributed by atoms with Gasteiger partial charge < -0.3 is 10.4 Å². The number of aliphatic hydroxyl groups excluding tert-OH is 1. The van der Waals surface area contributed by atoms with Crippen LogP contribution in [0.1, 0.15) is 22.5 Å². The first-order valence-corrected chi connectivity index (χ1v) is 6.41. The monoisotopic (exact) mass is 260 g/mol. The van der Waals surface area contributed by atoms with E-state index in [4.69, 9.17) is 5.11 Å². The molecule has 2 rings (SSSR count). The zero-order valence-electron chi connectivity index (χ0n) is 11.6. The highest BCUT2D eigenvalue weighted by Crippen LogP contribution is 2.17. The number of rotatable bonds is 5. The minimum Gasteiger partial charge on any atom is -0.394 e. The van der Waals surface area contributed by atoms with E-state index in [2.05, 4.69) is 22.3 Å². The molecular formula is C14H20N4O. The topological polar surface area (TPSA) is 63.0 Å². The van der Waals surface area contributed by atoms with Crippen molar-refractivity contribution in [3.63, 3.8) is 0 Å². The predicted molar refractivity (Wildman–Crippen MR) is 75.1 cm³/mol. The lowest BCUT2D eigenvalue weighted by atomic mass is 10.2. The maximum absolute atomic E-state index is 9.00. The Morgan fingerprint density at radius 3 is 2.79 bits per heavy atom. The molecule has 2 N–H and O–H groups in total. The zero-order valence-corrected chi connectivity index (χ0v) is 11.6. The van der Waals surface area contributed by atoms with E-state index < -0.39 is 0 Å². The number of hydrogen-bond donors (Lipinski definition) is 2. The molecule has 2 aromatic rings. The summed E-state index contributed by atoms with van der Waals surface area (Å²) in [6, 6.07) is 1.98. The normalized spacial score (nSPS) is 10.7. The molecular weight excluding hydrogens is 240 g/mol. The summed E-state index contributed by atoms with van der Waals surface area (Å²) in [5, 5.41) is 16.8. The maximum atomic E-state index is 9.00. The van der Waals surface area contributed by atoms with E-state index in [9.17, 15) is 0 Å². The number of nitrogens with one attached hydrogen (secondary N) is 1. The van der Waals surface area contributed by atoms with Gasteiger partial charge in [0, 0.05) is 24.0 Å². The highest BCUT2D eigenvalue weighted by atomic mass is 16.3. The Balaban J connectivity index is 2.14. The lowest BCUT2D eigenvalue weighted by Gasteiger charge is -2.09. The first-order valence-electron chi connectivity index (χ1n) is 6.41. The van der Waals surface area contributed by atoms with Crippen molar-refractivity contribution in [2.75, 3.05) is 11.9 Å². The largest absolute Gasteiger partial charge is 0.394 e. The van der Waals surface area contributed by atoms with Crippen LogP contribution in [-0.2, 0) is 13.1 Å². The van der Waals surface area contributed by atoms with Gasteiger partial charge >= 0.3 is 0 Å². The Labute approximate surface area is 113 Å². The number of anilines is 1. The summed E-state index contributed by atoms with van der Waals surface area (Å²) in [6.45, 7) is 7.44. The Morgan fingerprint density at radius 2 is 2.11 bits per heavy atom. The molecule has 0 aliphatic rings. The van der Waals surface area contributed by atoms with Crippen molar-refractivity contribution in [2.45, 2.75) is 33.9 Å². The molecule has 0 fully saturated rings. The van der Waals surface area contributed by atoms with E-state index in [1.54, 1.807) is 6.20 Å². The summed E-state index contributed by atoms with van der Waals surface area (Å²) in [5.74, 6) is 0. The molecule has 0 saturated heterocycles. The zero-order chi connectivity index (χ0) is 13.8. The van der Waals surface area contributed by atoms with Crippen LogP contribution >= 0.6 is 0 Å². The van der Waals surface area contributed by atoms with Gasteiger partial charge in [0.1, 0.15) is 0 Å². The van der Waals surface area contributed by atoms with Crippen LogP contribution in [0.15, 0.2) is 18.5 Å². The second-order valence-electron chi connectivity index (χ2n) is 4.64. The molecule has 5 heteroatoms. The van der Waals surface area contributed by atoms with Crippen LogP contribution in [0.4, 0.5) is 5.69 Å². The molecule has 0 saturated carbocycles. The SMILES string of the molecule is Cc1ccncc1NCc1c(C)nn(CCO)c1C. The minimum atomic E-state index is 0.108. The summed E-state index contributed by atoms with van der Waals surface area (Å²) in [5.41, 5.74) is 5.49. The average Bonchev–Trinajstić information content (AvgIpc) is 2.65. The Hall–Kier alpha value is -1.88. The van der Waals surface area contributed by atoms with Gasteiger partial charge in [0.15, 0.2) is 0 Å². The van der Waals surface area contributed by atoms with Gasteiger partial charge in [0.25, 0.3) is 0 Å². The number of aliphatic hydroxyl groups is 1. The molecule has 0 bridgehead atoms. The van der Waals surface area contributed by atoms with Crippen molar-refractivity contribution in [2.24, 2.45) is 0 Å². The van der Waals surface area contributed by atoms with Gasteiger partial charge in [-0.1, -0.05) is 0 Å². The Kier molecular flexibility index (Phi) is 4.16. The molecule has 19 heavy (non-hydrogen) atoms. The molecule has 2 aromatic heterocycles. The van der Waals surface area contributed by atoms with Crippen molar-refractivity contribution in [3.05, 3.63) is 41.0 Å². The quantitative estimate of drug-likeness (QED) is 0.860. The van der Waals surface area contributed by atoms with E-state index in [0.29, 0.717) is 6.54 Å². The van der Waals surface area contributed by atoms with Crippen molar-refractivity contribution >= 4 is 5.69 Å². The van der Waals surface area contributed by atoms with E-state index in [0.717, 1.165) is 23.6 Å². The van der Waals surface area contributed by atoms with Gasteiger partial charge in [-0.05, 0) is 32.4 Å². The molecule has 0 aliphatic carbocycles. The van der Waals surface area contributed by atoms with Gasteiger partial charge in [-0.3, -0.25) is 9.67 Å². The van der Waals surface area contributed by atoms with Crippen LogP contribution < -0.4 is 5.32 Å². The molecule has 0 spiro atoms. The summed E-state index contributed by atoms with van der Waals surface area (Å²) in [4.78, 5) is 4.12. The number of pyridine rings is 1. The molecule has 2 heterocycles. The number of nitrogens with zero attached hydrogens (tertiary/aromatic N) is 3. The van der Waals surface area contributed by atoms with Gasteiger partial charge in [-0.15, -0.1) is 0 Å². The van der Waals surface area contributed by atoms with Crippen LogP contribution in [0.25, 0.3) is 0 Å². The molecule has 0 aromatic carbocycles. The Bertz CT molecular complexity index is 563. The molecule has 5 nitrogen and oxygen atoms in total. The minimum absolute atomic E-state index is 0.108. The third kappa shape index (κ3) is 2.93. The Morgan fingerprint density at radius 1 is 1.32 bits per heavy atom. The second-order valence-corrected chi connectivity index (χ2v) is 4.64. The van der Waals surface area contributed by atoms with Crippen molar-refractivity contribution in [3.8, 4) is 0 Å². The summed E-state index contributed by atoms with van der Waals surface area (Å²) in [7, 11) is 0. The van der Waals surface area contributed by atoms with Crippen LogP contribution in [0.5, 0.6) is 0 Å². The third-order valence-electron chi connectivity index (χ3n) is 3.34. The number of hydrogen-bond acceptors (Lipinski definition) is 4. The van der Waals surface area contributed by atoms with E-state index in [1.165, 1.54) is 11.1 Å². The summed E-state index contributed by atoms with van der Waals surface area (Å²) >= 11 is 0. The van der Waals surface area contributed by atoms with E-state index >= 15 is 0 Å². The predicted octanol–water partition coefficient (Wildman–Crippen LogP) is 1.81. The first kappa shape index (κ1) is 13.5. The molecule has 0 unspecified atom stereocenters. The van der Waals surface area contributed by atoms with E-state index in [-0.39, 0.29) is 6.61 Å². The standard InChI is InChI=1S/C14H20N4O/c1-10-4-5-15-9-14(10)16-8-13-11(2)17-18(6-7-19)12(13)3/h4-5,9,16,19H,6-8H2,1-3H3. The molecule has 102 valence electrons. The average molecular weight is 260 g/mol. The molecule has 0 amide bonds. The third-order valence-corrected chi connectivity index (χ3v) is 3.34. The lowest BCUT2D eigenvalue weighted by molar-refractivity contribution is 0.268. The summed E-state index contributed by atoms with van der Waals surface area (Å²) in [6.07, 6.45) is 3.62. The van der Waals surface area contributed by atoms with Crippen molar-refractivity contribution in [1.29, 1.82) is 0 Å². The lowest BCUT2D eigenvalue weighted by Crippen LogP contribution is -2.07. The highest BCUT2D eigenvalue weighted by Gasteiger charge is 2.11. The maximum Gasteiger partial charge on any atom is 0.0646 e. The molecule has 0 aliphatic heterocycles. The fraction of sp³-hybridized carbons (Fsp3) is 0.429. The van der Waals surface area contributed by atoms with Crippen LogP contribution in [0, 0.1) is 20.8 Å². The number of aryl methyl sites for hydroxylation is 2. The van der Waals surface area contributed by atoms with Gasteiger partial charge in [0.2, 0.25) is 0 Å². The van der Waals surface area contributed by atoms with Crippen LogP contribution in [-0.4, -0.2) is 26.5 Å². The van der Waals surface area contributed by atoms with E-state index in [1.807, 2.05) is 30.8 Å². The van der Waals surface area contributed by atoms with Gasteiger partial charge in [-0.2, -0.15) is 5.10 Å². The molecule has 0 radical (unpaired) electrons. The van der Waals surface area contributed by atoms with Gasteiger partial charge in [0.05, 0.1) is 30.7 Å².